The van der Waals surface area contributed by atoms with Gasteiger partial charge in [-0.15, -0.1) is 0 Å². The molecule has 0 unspecified atom stereocenters. The van der Waals surface area contributed by atoms with Gasteiger partial charge in [0.1, 0.15) is 0 Å². The quantitative estimate of drug-likeness (QED) is 0.704. The number of nitrogens with zero attached hydrogens (tertiary/aromatic N) is 2. The fraction of sp³-hybridized carbons (Fsp3) is 0.130. The maximum Gasteiger partial charge on any atom is 0.335 e. The van der Waals surface area contributed by atoms with E-state index in [9.17, 15) is 9.59 Å². The normalized spacial score (nSPS) is 20.6. The van der Waals surface area contributed by atoms with Crippen molar-refractivity contribution >= 4 is 23.3 Å². The Hall–Kier alpha value is -3.60. The van der Waals surface area contributed by atoms with Gasteiger partial charge >= 0.3 is 5.97 Å². The molecule has 0 radical (unpaired) electrons. The highest BCUT2D eigenvalue weighted by atomic mass is 16.7. The molecule has 2 heterocycles. The largest absolute Gasteiger partial charge is 0.339 e. The second-order valence-corrected chi connectivity index (χ2v) is 7.02. The SMILES string of the molecule is O=C1C[C@@]2(C(=O)N(Cc3ccccc3)c3ccccc32)N(c2ccccc2)O1. The van der Waals surface area contributed by atoms with Crippen molar-refractivity contribution < 1.29 is 14.4 Å². The zero-order valence-corrected chi connectivity index (χ0v) is 15.1. The fourth-order valence-corrected chi connectivity index (χ4v) is 4.13. The van der Waals surface area contributed by atoms with Crippen LogP contribution in [0.2, 0.25) is 0 Å². The van der Waals surface area contributed by atoms with E-state index in [4.69, 9.17) is 4.84 Å². The molecule has 0 saturated carbocycles. The minimum absolute atomic E-state index is 0.0109. The number of anilines is 2. The number of rotatable bonds is 3. The van der Waals surface area contributed by atoms with Crippen LogP contribution in [0.3, 0.4) is 0 Å². The first kappa shape index (κ1) is 16.6. The topological polar surface area (TPSA) is 49.9 Å². The number of hydrogen-bond acceptors (Lipinski definition) is 4. The second kappa shape index (κ2) is 6.23. The average Bonchev–Trinajstić information content (AvgIpc) is 3.21. The lowest BCUT2D eigenvalue weighted by molar-refractivity contribution is -0.139. The highest BCUT2D eigenvalue weighted by molar-refractivity contribution is 6.12. The van der Waals surface area contributed by atoms with Crippen LogP contribution < -0.4 is 9.96 Å². The van der Waals surface area contributed by atoms with Crippen LogP contribution in [-0.4, -0.2) is 11.9 Å². The highest BCUT2D eigenvalue weighted by Gasteiger charge is 2.61. The van der Waals surface area contributed by atoms with E-state index in [0.717, 1.165) is 16.8 Å². The van der Waals surface area contributed by atoms with Crippen LogP contribution in [0.5, 0.6) is 0 Å². The van der Waals surface area contributed by atoms with Crippen molar-refractivity contribution in [2.75, 3.05) is 9.96 Å². The summed E-state index contributed by atoms with van der Waals surface area (Å²) < 4.78 is 0. The standard InChI is InChI=1S/C23H18N2O3/c26-21-15-23(25(28-21)18-11-5-2-6-12-18)19-13-7-8-14-20(19)24(22(23)27)16-17-9-3-1-4-10-17/h1-14H,15-16H2/t23-/m1/s1. The molecule has 5 rings (SSSR count). The van der Waals surface area contributed by atoms with Gasteiger partial charge in [0.05, 0.1) is 24.3 Å². The minimum atomic E-state index is -1.18. The van der Waals surface area contributed by atoms with Gasteiger partial charge in [-0.05, 0) is 23.8 Å². The van der Waals surface area contributed by atoms with E-state index in [2.05, 4.69) is 0 Å². The third kappa shape index (κ3) is 2.33. The van der Waals surface area contributed by atoms with Crippen molar-refractivity contribution in [3.8, 4) is 0 Å². The summed E-state index contributed by atoms with van der Waals surface area (Å²) in [5, 5.41) is 1.49. The summed E-state index contributed by atoms with van der Waals surface area (Å²) in [5.74, 6) is -0.555. The predicted molar refractivity (Wildman–Crippen MR) is 105 cm³/mol. The summed E-state index contributed by atoms with van der Waals surface area (Å²) >= 11 is 0. The summed E-state index contributed by atoms with van der Waals surface area (Å²) in [5.41, 5.74) is 2.14. The summed E-state index contributed by atoms with van der Waals surface area (Å²) in [7, 11) is 0. The lowest BCUT2D eigenvalue weighted by Crippen LogP contribution is -2.49. The molecule has 1 spiro atoms. The molecular formula is C23H18N2O3. The van der Waals surface area contributed by atoms with Gasteiger partial charge in [0, 0.05) is 5.56 Å². The molecule has 3 aromatic carbocycles. The van der Waals surface area contributed by atoms with E-state index >= 15 is 0 Å². The molecule has 28 heavy (non-hydrogen) atoms. The first-order valence-electron chi connectivity index (χ1n) is 9.21. The predicted octanol–water partition coefficient (Wildman–Crippen LogP) is 3.80. The van der Waals surface area contributed by atoms with Crippen molar-refractivity contribution in [3.63, 3.8) is 0 Å². The number of para-hydroxylation sites is 2. The smallest absolute Gasteiger partial charge is 0.335 e. The van der Waals surface area contributed by atoms with E-state index in [0.29, 0.717) is 12.2 Å². The first-order chi connectivity index (χ1) is 13.7. The molecule has 0 bridgehead atoms. The van der Waals surface area contributed by atoms with E-state index in [1.807, 2.05) is 84.9 Å². The van der Waals surface area contributed by atoms with Gasteiger partial charge in [-0.3, -0.25) is 4.79 Å². The molecule has 1 amide bonds. The minimum Gasteiger partial charge on any atom is -0.339 e. The van der Waals surface area contributed by atoms with Gasteiger partial charge in [0.15, 0.2) is 5.54 Å². The molecule has 0 aromatic heterocycles. The first-order valence-corrected chi connectivity index (χ1v) is 9.21. The summed E-state index contributed by atoms with van der Waals surface area (Å²) in [4.78, 5) is 33.5. The zero-order valence-electron chi connectivity index (χ0n) is 15.1. The molecule has 3 aromatic rings. The van der Waals surface area contributed by atoms with E-state index in [1.165, 1.54) is 5.06 Å². The molecule has 0 N–H and O–H groups in total. The van der Waals surface area contributed by atoms with Gasteiger partial charge in [-0.25, -0.2) is 4.79 Å². The van der Waals surface area contributed by atoms with Crippen LogP contribution in [0.1, 0.15) is 17.5 Å². The van der Waals surface area contributed by atoms with Crippen LogP contribution in [0.4, 0.5) is 11.4 Å². The van der Waals surface area contributed by atoms with E-state index < -0.39 is 11.5 Å². The molecule has 5 nitrogen and oxygen atoms in total. The van der Waals surface area contributed by atoms with Gasteiger partial charge in [0.25, 0.3) is 5.91 Å². The zero-order chi connectivity index (χ0) is 19.1. The van der Waals surface area contributed by atoms with Gasteiger partial charge in [0.2, 0.25) is 0 Å². The molecule has 138 valence electrons. The van der Waals surface area contributed by atoms with Crippen LogP contribution in [0.15, 0.2) is 84.9 Å². The number of amides is 1. The highest BCUT2D eigenvalue weighted by Crippen LogP contribution is 2.51. The van der Waals surface area contributed by atoms with Gasteiger partial charge in [-0.1, -0.05) is 66.7 Å². The van der Waals surface area contributed by atoms with Gasteiger partial charge < -0.3 is 9.74 Å². The third-order valence-electron chi connectivity index (χ3n) is 5.35. The molecule has 1 saturated heterocycles. The Morgan fingerprint density at radius 1 is 0.821 bits per heavy atom. The number of hydroxylamine groups is 1. The Balaban J connectivity index is 1.65. The number of carbonyl (C=O) groups is 2. The van der Waals surface area contributed by atoms with Crippen molar-refractivity contribution in [2.24, 2.45) is 0 Å². The number of fused-ring (bicyclic) bond motifs is 2. The van der Waals surface area contributed by atoms with Crippen molar-refractivity contribution in [2.45, 2.75) is 18.5 Å². The number of hydrogen-bond donors (Lipinski definition) is 0. The Labute approximate surface area is 162 Å². The molecule has 5 heteroatoms. The van der Waals surface area contributed by atoms with Crippen LogP contribution >= 0.6 is 0 Å². The van der Waals surface area contributed by atoms with E-state index in [-0.39, 0.29) is 12.3 Å². The lowest BCUT2D eigenvalue weighted by atomic mass is 9.88. The maximum atomic E-state index is 13.8. The monoisotopic (exact) mass is 370 g/mol. The Morgan fingerprint density at radius 2 is 1.46 bits per heavy atom. The molecule has 1 fully saturated rings. The molecule has 1 atom stereocenters. The van der Waals surface area contributed by atoms with E-state index in [1.54, 1.807) is 4.90 Å². The summed E-state index contributed by atoms with van der Waals surface area (Å²) in [6.45, 7) is 0.440. The van der Waals surface area contributed by atoms with Crippen molar-refractivity contribution in [1.29, 1.82) is 0 Å². The van der Waals surface area contributed by atoms with Crippen LogP contribution in [0.25, 0.3) is 0 Å². The van der Waals surface area contributed by atoms with Gasteiger partial charge in [-0.2, -0.15) is 5.06 Å². The molecular weight excluding hydrogens is 352 g/mol. The maximum absolute atomic E-state index is 13.8. The average molecular weight is 370 g/mol. The number of benzene rings is 3. The summed E-state index contributed by atoms with van der Waals surface area (Å²) in [6, 6.07) is 26.8. The number of carbonyl (C=O) groups excluding carboxylic acids is 2. The Morgan fingerprint density at radius 3 is 2.21 bits per heavy atom. The van der Waals surface area contributed by atoms with Crippen LogP contribution in [0, 0.1) is 0 Å². The molecule has 0 aliphatic carbocycles. The van der Waals surface area contributed by atoms with Crippen molar-refractivity contribution in [3.05, 3.63) is 96.1 Å². The Kier molecular flexibility index (Phi) is 3.69. The summed E-state index contributed by atoms with van der Waals surface area (Å²) in [6.07, 6.45) is -0.0109. The lowest BCUT2D eigenvalue weighted by Gasteiger charge is -2.31. The molecule has 2 aliphatic heterocycles. The molecule has 2 aliphatic rings. The Bertz CT molecular complexity index is 1050. The second-order valence-electron chi connectivity index (χ2n) is 7.02. The van der Waals surface area contributed by atoms with Crippen LogP contribution in [-0.2, 0) is 26.5 Å². The van der Waals surface area contributed by atoms with Crippen molar-refractivity contribution in [1.82, 2.24) is 0 Å². The fourth-order valence-electron chi connectivity index (χ4n) is 4.13. The third-order valence-corrected chi connectivity index (χ3v) is 5.35.